The molecule has 29 heavy (non-hydrogen) atoms. The third kappa shape index (κ3) is 6.47. The van der Waals surface area contributed by atoms with Crippen LogP contribution in [0.15, 0.2) is 30.5 Å². The molecule has 0 aliphatic heterocycles. The van der Waals surface area contributed by atoms with Gasteiger partial charge in [-0.2, -0.15) is 0 Å². The summed E-state index contributed by atoms with van der Waals surface area (Å²) in [4.78, 5) is 30.3. The number of hydrogen-bond donors (Lipinski definition) is 4. The molecular weight excluding hydrogens is 498 g/mol. The maximum absolute atomic E-state index is 14.1. The minimum absolute atomic E-state index is 0.00286. The number of aromatic nitrogens is 1. The minimum Gasteiger partial charge on any atom is -0.395 e. The first-order chi connectivity index (χ1) is 13.9. The van der Waals surface area contributed by atoms with Crippen molar-refractivity contribution in [2.24, 2.45) is 7.05 Å². The summed E-state index contributed by atoms with van der Waals surface area (Å²) in [6.07, 6.45) is 1.45. The predicted octanol–water partition coefficient (Wildman–Crippen LogP) is 0.927. The first-order valence-electron chi connectivity index (χ1n) is 8.68. The van der Waals surface area contributed by atoms with Crippen molar-refractivity contribution in [3.8, 4) is 0 Å². The zero-order chi connectivity index (χ0) is 21.4. The van der Waals surface area contributed by atoms with Crippen LogP contribution in [0.4, 0.5) is 10.1 Å². The van der Waals surface area contributed by atoms with Crippen LogP contribution in [0.3, 0.4) is 0 Å². The molecule has 0 atom stereocenters. The molecule has 0 aliphatic carbocycles. The van der Waals surface area contributed by atoms with Crippen molar-refractivity contribution in [1.29, 1.82) is 0 Å². The van der Waals surface area contributed by atoms with Crippen LogP contribution in [0, 0.1) is 9.39 Å². The number of hydroxylamine groups is 1. The fourth-order valence-corrected chi connectivity index (χ4v) is 2.86. The molecule has 0 bridgehead atoms. The first kappa shape index (κ1) is 23.2. The van der Waals surface area contributed by atoms with Crippen LogP contribution in [0.1, 0.15) is 20.8 Å². The summed E-state index contributed by atoms with van der Waals surface area (Å²) in [6.45, 7) is -0.370. The number of hydrazine groups is 1. The molecule has 0 fully saturated rings. The maximum Gasteiger partial charge on any atom is 0.298 e. The molecule has 9 nitrogen and oxygen atoms in total. The average Bonchev–Trinajstić information content (AvgIpc) is 3.08. The molecule has 0 radical (unpaired) electrons. The molecule has 0 unspecified atom stereocenters. The maximum atomic E-state index is 14.1. The summed E-state index contributed by atoms with van der Waals surface area (Å²) in [6, 6.07) is 5.79. The van der Waals surface area contributed by atoms with E-state index in [0.717, 1.165) is 5.17 Å². The van der Waals surface area contributed by atoms with Crippen molar-refractivity contribution in [3.63, 3.8) is 0 Å². The number of benzene rings is 1. The number of aliphatic hydroxyl groups is 2. The third-order valence-electron chi connectivity index (χ3n) is 3.76. The molecule has 0 saturated carbocycles. The number of ketones is 1. The van der Waals surface area contributed by atoms with Crippen molar-refractivity contribution in [2.45, 2.75) is 0 Å². The van der Waals surface area contributed by atoms with Crippen LogP contribution in [-0.2, 0) is 11.9 Å². The molecule has 1 heterocycles. The van der Waals surface area contributed by atoms with E-state index in [2.05, 4.69) is 10.7 Å². The molecule has 1 aromatic carbocycles. The van der Waals surface area contributed by atoms with E-state index in [1.807, 2.05) is 22.6 Å². The number of Topliss-reactive ketones (excluding diaryl/α,β-unsaturated/α-hetero) is 1. The van der Waals surface area contributed by atoms with E-state index < -0.39 is 11.7 Å². The van der Waals surface area contributed by atoms with Crippen LogP contribution >= 0.6 is 22.6 Å². The second-order valence-electron chi connectivity index (χ2n) is 5.94. The smallest absolute Gasteiger partial charge is 0.298 e. The lowest BCUT2D eigenvalue weighted by Crippen LogP contribution is -2.37. The van der Waals surface area contributed by atoms with Gasteiger partial charge in [-0.25, -0.2) is 9.23 Å². The quantitative estimate of drug-likeness (QED) is 0.151. The Kier molecular flexibility index (Phi) is 8.98. The number of carbonyl (C=O) groups excluding carboxylic acids is 2. The van der Waals surface area contributed by atoms with E-state index in [1.165, 1.54) is 29.0 Å². The first-order valence-corrected chi connectivity index (χ1v) is 9.76. The van der Waals surface area contributed by atoms with E-state index in [4.69, 9.17) is 15.1 Å². The zero-order valence-electron chi connectivity index (χ0n) is 15.7. The third-order valence-corrected chi connectivity index (χ3v) is 4.43. The largest absolute Gasteiger partial charge is 0.395 e. The highest BCUT2D eigenvalue weighted by Crippen LogP contribution is 2.19. The number of rotatable bonds is 11. The number of aliphatic hydroxyl groups excluding tert-OH is 2. The number of aryl methyl sites for hydroxylation is 1. The highest BCUT2D eigenvalue weighted by atomic mass is 127. The Balaban J connectivity index is 2.20. The van der Waals surface area contributed by atoms with Gasteiger partial charge in [-0.1, -0.05) is 0 Å². The van der Waals surface area contributed by atoms with Crippen molar-refractivity contribution in [2.75, 3.05) is 38.3 Å². The normalized spacial score (nSPS) is 10.8. The van der Waals surface area contributed by atoms with E-state index in [9.17, 15) is 14.0 Å². The lowest BCUT2D eigenvalue weighted by molar-refractivity contribution is -0.115. The zero-order valence-corrected chi connectivity index (χ0v) is 17.8. The van der Waals surface area contributed by atoms with Gasteiger partial charge in [0.15, 0.2) is 5.78 Å². The molecule has 2 aromatic rings. The minimum atomic E-state index is -0.672. The van der Waals surface area contributed by atoms with Crippen LogP contribution in [0.2, 0.25) is 0 Å². The summed E-state index contributed by atoms with van der Waals surface area (Å²) >= 11 is 1.96. The van der Waals surface area contributed by atoms with Gasteiger partial charge in [0.25, 0.3) is 5.91 Å². The Hall–Kier alpha value is -2.06. The van der Waals surface area contributed by atoms with Crippen LogP contribution in [0.25, 0.3) is 0 Å². The number of amides is 1. The summed E-state index contributed by atoms with van der Waals surface area (Å²) < 4.78 is 16.3. The van der Waals surface area contributed by atoms with Gasteiger partial charge in [0.2, 0.25) is 0 Å². The molecule has 0 spiro atoms. The van der Waals surface area contributed by atoms with Gasteiger partial charge in [0, 0.05) is 23.4 Å². The van der Waals surface area contributed by atoms with Gasteiger partial charge in [0.05, 0.1) is 36.7 Å². The van der Waals surface area contributed by atoms with Gasteiger partial charge in [0.1, 0.15) is 12.4 Å². The van der Waals surface area contributed by atoms with Gasteiger partial charge < -0.3 is 20.1 Å². The highest BCUT2D eigenvalue weighted by molar-refractivity contribution is 14.1. The second-order valence-corrected chi connectivity index (χ2v) is 7.19. The monoisotopic (exact) mass is 520 g/mol. The molecule has 1 amide bonds. The highest BCUT2D eigenvalue weighted by Gasteiger charge is 2.22. The van der Waals surface area contributed by atoms with E-state index in [1.54, 1.807) is 13.1 Å². The fraction of sp³-hybridized carbons (Fsp3) is 0.333. The van der Waals surface area contributed by atoms with E-state index in [0.29, 0.717) is 3.57 Å². The van der Waals surface area contributed by atoms with Gasteiger partial charge in [-0.3, -0.25) is 15.0 Å². The molecule has 1 aromatic heterocycles. The molecule has 0 aliphatic rings. The molecular formula is C18H22FIN4O5. The van der Waals surface area contributed by atoms with Gasteiger partial charge in [-0.15, -0.1) is 5.17 Å². The molecule has 0 saturated heterocycles. The number of carbonyl (C=O) groups is 2. The predicted molar refractivity (Wildman–Crippen MR) is 112 cm³/mol. The van der Waals surface area contributed by atoms with Crippen LogP contribution in [0.5, 0.6) is 0 Å². The Bertz CT molecular complexity index is 861. The number of nitrogens with zero attached hydrogens (tertiary/aromatic N) is 2. The molecule has 158 valence electrons. The van der Waals surface area contributed by atoms with Crippen molar-refractivity contribution < 1.29 is 29.0 Å². The number of hydrogen-bond acceptors (Lipinski definition) is 7. The summed E-state index contributed by atoms with van der Waals surface area (Å²) in [5.41, 5.74) is 2.97. The van der Waals surface area contributed by atoms with E-state index in [-0.39, 0.29) is 55.6 Å². The average molecular weight is 520 g/mol. The van der Waals surface area contributed by atoms with Gasteiger partial charge in [-0.05, 0) is 46.9 Å². The summed E-state index contributed by atoms with van der Waals surface area (Å²) in [7, 11) is 1.61. The van der Waals surface area contributed by atoms with Gasteiger partial charge >= 0.3 is 0 Å². The lowest BCUT2D eigenvalue weighted by Gasteiger charge is -2.22. The number of nitrogens with one attached hydrogen (secondary N) is 2. The van der Waals surface area contributed by atoms with Crippen LogP contribution < -0.4 is 10.7 Å². The Morgan fingerprint density at radius 2 is 2.03 bits per heavy atom. The standard InChI is InChI=1S/C18H22FIN4O5/c1-23-11-12(8-16(23)17(27)10-21-4-5-25)18(28)24(29-7-6-26)22-15-3-2-13(20)9-14(15)19/h2-3,8-9,11,21-22,25-26H,4-7,10H2,1H3. The molecule has 2 rings (SSSR count). The number of halogens is 2. The summed E-state index contributed by atoms with van der Waals surface area (Å²) in [5.74, 6) is -1.52. The SMILES string of the molecule is Cn1cc(C(=O)N(Nc2ccc(I)cc2F)OCCO)cc1C(=O)CNCCO. The Morgan fingerprint density at radius 3 is 2.69 bits per heavy atom. The van der Waals surface area contributed by atoms with Crippen LogP contribution in [-0.4, -0.2) is 64.6 Å². The Morgan fingerprint density at radius 1 is 1.28 bits per heavy atom. The van der Waals surface area contributed by atoms with E-state index >= 15 is 0 Å². The van der Waals surface area contributed by atoms with Crippen molar-refractivity contribution in [1.82, 2.24) is 15.1 Å². The molecule has 4 N–H and O–H groups in total. The second kappa shape index (κ2) is 11.2. The van der Waals surface area contributed by atoms with Crippen molar-refractivity contribution >= 4 is 40.0 Å². The fourth-order valence-electron chi connectivity index (χ4n) is 2.41. The van der Waals surface area contributed by atoms with Crippen molar-refractivity contribution in [3.05, 3.63) is 51.1 Å². The lowest BCUT2D eigenvalue weighted by atomic mass is 10.2. The summed E-state index contributed by atoms with van der Waals surface area (Å²) in [5, 5.41) is 21.3. The topological polar surface area (TPSA) is 116 Å². The number of anilines is 1. The molecule has 11 heteroatoms. The Labute approximate surface area is 180 Å².